The van der Waals surface area contributed by atoms with E-state index in [1.54, 1.807) is 16.8 Å². The third-order valence-corrected chi connectivity index (χ3v) is 3.95. The molecule has 0 aromatic carbocycles. The molecule has 1 unspecified atom stereocenters. The van der Waals surface area contributed by atoms with Crippen molar-refractivity contribution >= 4 is 29.9 Å². The maximum absolute atomic E-state index is 12.5. The molecule has 3 N–H and O–H groups in total. The average molecular weight is 386 g/mol. The average Bonchev–Trinajstić information content (AvgIpc) is 2.85. The summed E-state index contributed by atoms with van der Waals surface area (Å²) in [5.41, 5.74) is 7.75. The first-order chi connectivity index (χ1) is 11.3. The first-order valence-corrected chi connectivity index (χ1v) is 8.40. The van der Waals surface area contributed by atoms with E-state index in [-0.39, 0.29) is 30.0 Å². The number of rotatable bonds is 6. The Balaban J connectivity index is 0.00000312. The summed E-state index contributed by atoms with van der Waals surface area (Å²) >= 11 is 6.17. The van der Waals surface area contributed by atoms with E-state index in [0.29, 0.717) is 23.3 Å². The van der Waals surface area contributed by atoms with Crippen LogP contribution in [0.25, 0.3) is 5.82 Å². The van der Waals surface area contributed by atoms with Crippen LogP contribution in [0.5, 0.6) is 0 Å². The summed E-state index contributed by atoms with van der Waals surface area (Å²) < 4.78 is 1.69. The molecule has 0 bridgehead atoms. The smallest absolute Gasteiger partial charge is 0.271 e. The van der Waals surface area contributed by atoms with Crippen molar-refractivity contribution in [2.45, 2.75) is 40.2 Å². The lowest BCUT2D eigenvalue weighted by atomic mass is 10.0. The van der Waals surface area contributed by atoms with Crippen LogP contribution in [0.2, 0.25) is 5.02 Å². The minimum atomic E-state index is -0.320. The molecule has 1 atom stereocenters. The molecule has 0 aliphatic rings. The minimum Gasteiger partial charge on any atom is -0.347 e. The molecule has 138 valence electrons. The van der Waals surface area contributed by atoms with E-state index in [9.17, 15) is 4.79 Å². The second-order valence-corrected chi connectivity index (χ2v) is 6.78. The van der Waals surface area contributed by atoms with Crippen molar-refractivity contribution in [3.8, 4) is 5.82 Å². The van der Waals surface area contributed by atoms with Gasteiger partial charge in [-0.05, 0) is 44.4 Å². The van der Waals surface area contributed by atoms with Crippen LogP contribution in [0.3, 0.4) is 0 Å². The highest BCUT2D eigenvalue weighted by atomic mass is 35.5. The lowest BCUT2D eigenvalue weighted by Gasteiger charge is -2.19. The van der Waals surface area contributed by atoms with Crippen molar-refractivity contribution in [3.05, 3.63) is 40.3 Å². The number of nitrogens with zero attached hydrogens (tertiary/aromatic N) is 3. The van der Waals surface area contributed by atoms with Gasteiger partial charge in [0.05, 0.1) is 10.7 Å². The molecule has 2 heterocycles. The van der Waals surface area contributed by atoms with Crippen LogP contribution >= 0.6 is 24.0 Å². The molecule has 2 aromatic rings. The van der Waals surface area contributed by atoms with Crippen molar-refractivity contribution in [2.75, 3.05) is 6.54 Å². The Morgan fingerprint density at radius 2 is 2.04 bits per heavy atom. The second kappa shape index (κ2) is 9.17. The number of carbonyl (C=O) groups is 1. The van der Waals surface area contributed by atoms with Gasteiger partial charge in [0.15, 0.2) is 5.82 Å². The Labute approximate surface area is 159 Å². The Morgan fingerprint density at radius 1 is 1.36 bits per heavy atom. The van der Waals surface area contributed by atoms with Gasteiger partial charge in [0.2, 0.25) is 0 Å². The summed E-state index contributed by atoms with van der Waals surface area (Å²) in [5.74, 6) is 0.672. The number of nitrogens with two attached hydrogens (primary N) is 1. The number of nitrogens with one attached hydrogen (secondary N) is 1. The van der Waals surface area contributed by atoms with E-state index < -0.39 is 0 Å². The van der Waals surface area contributed by atoms with Crippen molar-refractivity contribution in [2.24, 2.45) is 11.7 Å². The lowest BCUT2D eigenvalue weighted by molar-refractivity contribution is 0.0929. The number of carbonyl (C=O) groups excluding carboxylic acids is 1. The molecule has 2 rings (SSSR count). The van der Waals surface area contributed by atoms with Crippen molar-refractivity contribution in [1.82, 2.24) is 20.1 Å². The first-order valence-electron chi connectivity index (χ1n) is 8.03. The number of aryl methyl sites for hydroxylation is 2. The highest BCUT2D eigenvalue weighted by Crippen LogP contribution is 2.18. The predicted molar refractivity (Wildman–Crippen MR) is 103 cm³/mol. The minimum absolute atomic E-state index is 0. The summed E-state index contributed by atoms with van der Waals surface area (Å²) in [6.07, 6.45) is 0.803. The highest BCUT2D eigenvalue weighted by Gasteiger charge is 2.19. The molecule has 0 spiro atoms. The van der Waals surface area contributed by atoms with Gasteiger partial charge in [0.25, 0.3) is 5.91 Å². The molecule has 25 heavy (non-hydrogen) atoms. The molecule has 0 aliphatic carbocycles. The molecule has 6 nitrogen and oxygen atoms in total. The zero-order chi connectivity index (χ0) is 17.9. The number of amides is 1. The quantitative estimate of drug-likeness (QED) is 0.799. The van der Waals surface area contributed by atoms with Crippen LogP contribution in [0.1, 0.15) is 42.1 Å². The van der Waals surface area contributed by atoms with Crippen molar-refractivity contribution < 1.29 is 4.79 Å². The number of pyridine rings is 1. The van der Waals surface area contributed by atoms with E-state index in [2.05, 4.69) is 29.2 Å². The number of halogens is 2. The molecule has 8 heteroatoms. The fourth-order valence-corrected chi connectivity index (χ4v) is 2.80. The Morgan fingerprint density at radius 3 is 2.56 bits per heavy atom. The van der Waals surface area contributed by atoms with Crippen LogP contribution in [-0.2, 0) is 0 Å². The van der Waals surface area contributed by atoms with E-state index in [1.807, 2.05) is 19.9 Å². The topological polar surface area (TPSA) is 85.8 Å². The van der Waals surface area contributed by atoms with Gasteiger partial charge in [0.1, 0.15) is 5.69 Å². The van der Waals surface area contributed by atoms with E-state index in [4.69, 9.17) is 17.3 Å². The molecule has 0 fully saturated rings. The molecule has 0 saturated heterocycles. The Hall–Kier alpha value is -1.63. The Bertz CT molecular complexity index is 730. The van der Waals surface area contributed by atoms with Crippen LogP contribution in [0, 0.1) is 19.8 Å². The lowest BCUT2D eigenvalue weighted by Crippen LogP contribution is -2.41. The van der Waals surface area contributed by atoms with Gasteiger partial charge in [-0.25, -0.2) is 9.67 Å². The molecule has 1 amide bonds. The molecule has 0 radical (unpaired) electrons. The van der Waals surface area contributed by atoms with Gasteiger partial charge < -0.3 is 11.1 Å². The van der Waals surface area contributed by atoms with Gasteiger partial charge in [-0.15, -0.1) is 12.4 Å². The normalized spacial score (nSPS) is 12.0. The number of hydrogen-bond acceptors (Lipinski definition) is 4. The van der Waals surface area contributed by atoms with Gasteiger partial charge in [-0.1, -0.05) is 25.4 Å². The standard InChI is InChI=1S/C17H24ClN5O.ClH/c1-10(2)7-13(9-19)20-17(24)16-14(18)5-6-15(21-16)23-12(4)8-11(3)22-23;/h5-6,8,10,13H,7,9,19H2,1-4H3,(H,20,24);1H. The molecular formula is C17H25Cl2N5O. The predicted octanol–water partition coefficient (Wildman–Crippen LogP) is 3.06. The summed E-state index contributed by atoms with van der Waals surface area (Å²) in [6.45, 7) is 8.39. The largest absolute Gasteiger partial charge is 0.347 e. The maximum atomic E-state index is 12.5. The highest BCUT2D eigenvalue weighted by molar-refractivity contribution is 6.33. The van der Waals surface area contributed by atoms with E-state index in [0.717, 1.165) is 17.8 Å². The summed E-state index contributed by atoms with van der Waals surface area (Å²) in [7, 11) is 0. The maximum Gasteiger partial charge on any atom is 0.271 e. The van der Waals surface area contributed by atoms with Crippen LogP contribution < -0.4 is 11.1 Å². The van der Waals surface area contributed by atoms with Crippen LogP contribution in [0.4, 0.5) is 0 Å². The van der Waals surface area contributed by atoms with Gasteiger partial charge in [-0.3, -0.25) is 4.79 Å². The van der Waals surface area contributed by atoms with Crippen LogP contribution in [0.15, 0.2) is 18.2 Å². The summed E-state index contributed by atoms with van der Waals surface area (Å²) in [5, 5.41) is 7.60. The molecule has 0 aliphatic heterocycles. The third kappa shape index (κ3) is 5.42. The van der Waals surface area contributed by atoms with E-state index >= 15 is 0 Å². The monoisotopic (exact) mass is 385 g/mol. The summed E-state index contributed by atoms with van der Waals surface area (Å²) in [6, 6.07) is 5.25. The van der Waals surface area contributed by atoms with Gasteiger partial charge >= 0.3 is 0 Å². The zero-order valence-corrected chi connectivity index (χ0v) is 16.5. The van der Waals surface area contributed by atoms with Gasteiger partial charge in [-0.2, -0.15) is 5.10 Å². The molecule has 0 saturated carbocycles. The van der Waals surface area contributed by atoms with Crippen molar-refractivity contribution in [3.63, 3.8) is 0 Å². The molecular weight excluding hydrogens is 361 g/mol. The number of aromatic nitrogens is 3. The third-order valence-electron chi connectivity index (χ3n) is 3.65. The number of hydrogen-bond donors (Lipinski definition) is 2. The van der Waals surface area contributed by atoms with Crippen molar-refractivity contribution in [1.29, 1.82) is 0 Å². The molecule has 2 aromatic heterocycles. The Kier molecular flexibility index (Phi) is 7.86. The van der Waals surface area contributed by atoms with Gasteiger partial charge in [0, 0.05) is 18.3 Å². The van der Waals surface area contributed by atoms with E-state index in [1.165, 1.54) is 0 Å². The second-order valence-electron chi connectivity index (χ2n) is 6.37. The fourth-order valence-electron chi connectivity index (χ4n) is 2.61. The summed E-state index contributed by atoms with van der Waals surface area (Å²) in [4.78, 5) is 16.9. The zero-order valence-electron chi connectivity index (χ0n) is 14.9. The SMILES string of the molecule is Cc1cc(C)n(-c2ccc(Cl)c(C(=O)NC(CN)CC(C)C)n2)n1.Cl. The van der Waals surface area contributed by atoms with Crippen LogP contribution in [-0.4, -0.2) is 33.3 Å². The first kappa shape index (κ1) is 21.4. The fraction of sp³-hybridized carbons (Fsp3) is 0.471.